The third-order valence-electron chi connectivity index (χ3n) is 10.6. The maximum atomic E-state index is 12.3. The summed E-state index contributed by atoms with van der Waals surface area (Å²) in [6, 6.07) is 0. The van der Waals surface area contributed by atoms with Gasteiger partial charge in [-0.2, -0.15) is 0 Å². The Morgan fingerprint density at radius 2 is 1.91 bits per heavy atom. The molecule has 188 valence electrons. The van der Waals surface area contributed by atoms with Gasteiger partial charge in [0.15, 0.2) is 0 Å². The van der Waals surface area contributed by atoms with Crippen LogP contribution in [-0.2, 0) is 9.53 Å². The van der Waals surface area contributed by atoms with Gasteiger partial charge in [0.05, 0.1) is 12.2 Å². The molecule has 0 aliphatic heterocycles. The van der Waals surface area contributed by atoms with Crippen molar-refractivity contribution >= 4 is 5.97 Å². The van der Waals surface area contributed by atoms with E-state index in [1.54, 1.807) is 0 Å². The summed E-state index contributed by atoms with van der Waals surface area (Å²) in [5.74, 6) is 3.10. The monoisotopic (exact) mass is 460 g/mol. The fraction of sp³-hybridized carbons (Fsp3) is 0.897. The molecule has 4 aliphatic rings. The fourth-order valence-electron chi connectivity index (χ4n) is 9.13. The van der Waals surface area contributed by atoms with Gasteiger partial charge in [0.2, 0.25) is 0 Å². The molecule has 0 bridgehead atoms. The predicted octanol–water partition coefficient (Wildman–Crippen LogP) is 5.90. The van der Waals surface area contributed by atoms with Crippen molar-refractivity contribution in [2.75, 3.05) is 0 Å². The molecule has 0 spiro atoms. The van der Waals surface area contributed by atoms with Crippen molar-refractivity contribution in [3.8, 4) is 0 Å². The molecule has 2 N–H and O–H groups in total. The van der Waals surface area contributed by atoms with Crippen molar-refractivity contribution in [3.05, 3.63) is 11.6 Å². The van der Waals surface area contributed by atoms with Gasteiger partial charge in [-0.05, 0) is 67.1 Å². The lowest BCUT2D eigenvalue weighted by Gasteiger charge is -2.61. The largest absolute Gasteiger partial charge is 0.462 e. The van der Waals surface area contributed by atoms with Crippen LogP contribution in [0.25, 0.3) is 0 Å². The summed E-state index contributed by atoms with van der Waals surface area (Å²) in [5.41, 5.74) is 0.955. The van der Waals surface area contributed by atoms with Gasteiger partial charge in [0.25, 0.3) is 0 Å². The van der Waals surface area contributed by atoms with Gasteiger partial charge >= 0.3 is 5.97 Å². The summed E-state index contributed by atoms with van der Waals surface area (Å²) < 4.78 is 6.12. The third kappa shape index (κ3) is 4.33. The van der Waals surface area contributed by atoms with Crippen LogP contribution in [0.5, 0.6) is 0 Å². The topological polar surface area (TPSA) is 66.8 Å². The molecule has 0 heterocycles. The number of hydrogen-bond donors (Lipinski definition) is 2. The van der Waals surface area contributed by atoms with E-state index in [4.69, 9.17) is 4.74 Å². The van der Waals surface area contributed by atoms with Crippen LogP contribution in [0.2, 0.25) is 0 Å². The lowest BCUT2D eigenvalue weighted by Crippen LogP contribution is -2.61. The first kappa shape index (κ1) is 25.2. The van der Waals surface area contributed by atoms with E-state index in [0.717, 1.165) is 18.8 Å². The molecule has 4 heteroatoms. The van der Waals surface area contributed by atoms with Gasteiger partial charge in [-0.15, -0.1) is 0 Å². The zero-order valence-corrected chi connectivity index (χ0v) is 21.8. The second-order valence-corrected chi connectivity index (χ2v) is 13.0. The van der Waals surface area contributed by atoms with Crippen molar-refractivity contribution < 1.29 is 19.7 Å². The highest BCUT2D eigenvalue weighted by Gasteiger charge is 2.64. The Kier molecular flexibility index (Phi) is 7.11. The zero-order chi connectivity index (χ0) is 24.1. The Morgan fingerprint density at radius 3 is 2.58 bits per heavy atom. The zero-order valence-electron chi connectivity index (χ0n) is 21.8. The lowest BCUT2D eigenvalue weighted by molar-refractivity contribution is -0.186. The van der Waals surface area contributed by atoms with Crippen molar-refractivity contribution in [3.63, 3.8) is 0 Å². The molecule has 4 aliphatic carbocycles. The quantitative estimate of drug-likeness (QED) is 0.382. The van der Waals surface area contributed by atoms with Crippen LogP contribution >= 0.6 is 0 Å². The van der Waals surface area contributed by atoms with E-state index < -0.39 is 17.6 Å². The van der Waals surface area contributed by atoms with Crippen molar-refractivity contribution in [1.29, 1.82) is 0 Å². The van der Waals surface area contributed by atoms with E-state index in [-0.39, 0.29) is 23.4 Å². The Bertz CT molecular complexity index is 759. The van der Waals surface area contributed by atoms with Crippen LogP contribution in [0.15, 0.2) is 11.6 Å². The second kappa shape index (κ2) is 9.30. The van der Waals surface area contributed by atoms with Crippen LogP contribution in [0.1, 0.15) is 99.3 Å². The summed E-state index contributed by atoms with van der Waals surface area (Å²) in [6.45, 7) is 13.3. The Labute approximate surface area is 201 Å². The number of rotatable bonds is 6. The average Bonchev–Trinajstić information content (AvgIpc) is 3.05. The Hall–Kier alpha value is -0.870. The summed E-state index contributed by atoms with van der Waals surface area (Å²) in [4.78, 5) is 12.3. The molecule has 0 aromatic rings. The normalized spacial score (nSPS) is 45.6. The number of carbonyl (C=O) groups excluding carboxylic acids is 1. The number of hydrogen-bond acceptors (Lipinski definition) is 4. The van der Waals surface area contributed by atoms with Crippen molar-refractivity contribution in [1.82, 2.24) is 0 Å². The van der Waals surface area contributed by atoms with Crippen LogP contribution in [-0.4, -0.2) is 34.5 Å². The molecular weight excluding hydrogens is 412 g/mol. The molecule has 0 aromatic carbocycles. The van der Waals surface area contributed by atoms with Gasteiger partial charge < -0.3 is 14.9 Å². The molecule has 0 saturated heterocycles. The van der Waals surface area contributed by atoms with E-state index >= 15 is 0 Å². The van der Waals surface area contributed by atoms with Crippen LogP contribution < -0.4 is 0 Å². The average molecular weight is 461 g/mol. The van der Waals surface area contributed by atoms with Gasteiger partial charge in [-0.1, -0.05) is 65.5 Å². The summed E-state index contributed by atoms with van der Waals surface area (Å²) >= 11 is 0. The van der Waals surface area contributed by atoms with E-state index in [0.29, 0.717) is 36.5 Å². The standard InChI is InChI=1S/C29H48O4/c1-17(2)8-7-9-18(3)23-12-13-24-22-11-10-20-14-21(31)15-26(32)29(20,6)27(22)25(33-19(4)30)16-28(23,24)5/h10,17-18,21-27,31-32H,7-9,11-16H2,1-6H3/t18-,21-,22+,23-,24+,25-,26+,27-,28-,29-/m1/s1. The minimum Gasteiger partial charge on any atom is -0.462 e. The minimum atomic E-state index is -0.588. The molecule has 0 amide bonds. The van der Waals surface area contributed by atoms with Gasteiger partial charge in [-0.3, -0.25) is 4.79 Å². The highest BCUT2D eigenvalue weighted by Crippen LogP contribution is 2.67. The molecule has 4 rings (SSSR count). The summed E-state index contributed by atoms with van der Waals surface area (Å²) in [6.07, 6.45) is 10.5. The first-order valence-electron chi connectivity index (χ1n) is 13.7. The van der Waals surface area contributed by atoms with Gasteiger partial charge in [0.1, 0.15) is 6.10 Å². The summed E-state index contributed by atoms with van der Waals surface area (Å²) in [5, 5.41) is 21.6. The van der Waals surface area contributed by atoms with Crippen LogP contribution in [0, 0.1) is 46.3 Å². The molecule has 0 radical (unpaired) electrons. The summed E-state index contributed by atoms with van der Waals surface area (Å²) in [7, 11) is 0. The van der Waals surface area contributed by atoms with Crippen LogP contribution in [0.3, 0.4) is 0 Å². The molecular formula is C29H48O4. The number of fused-ring (bicyclic) bond motifs is 5. The number of aliphatic hydroxyl groups excluding tert-OH is 2. The number of aliphatic hydroxyl groups is 2. The number of esters is 1. The molecule has 3 fully saturated rings. The minimum absolute atomic E-state index is 0.136. The maximum Gasteiger partial charge on any atom is 0.302 e. The van der Waals surface area contributed by atoms with E-state index in [2.05, 4.69) is 40.7 Å². The SMILES string of the molecule is CC(=O)O[C@@H]1C[C@]2(C)[C@@H]([C@H](C)CCCC(C)C)CC[C@H]2[C@@H]2CC=C3C[C@@H](O)C[C@H](O)[C@]3(C)[C@H]21. The van der Waals surface area contributed by atoms with Gasteiger partial charge in [0, 0.05) is 24.7 Å². The predicted molar refractivity (Wildman–Crippen MR) is 131 cm³/mol. The number of ether oxygens (including phenoxy) is 1. The maximum absolute atomic E-state index is 12.3. The lowest BCUT2D eigenvalue weighted by atomic mass is 9.45. The van der Waals surface area contributed by atoms with Gasteiger partial charge in [-0.25, -0.2) is 0 Å². The number of allylic oxidation sites excluding steroid dienone is 1. The molecule has 3 saturated carbocycles. The molecule has 10 atom stereocenters. The van der Waals surface area contributed by atoms with Crippen LogP contribution in [0.4, 0.5) is 0 Å². The van der Waals surface area contributed by atoms with Crippen molar-refractivity contribution in [2.24, 2.45) is 46.3 Å². The highest BCUT2D eigenvalue weighted by atomic mass is 16.5. The Balaban J connectivity index is 1.65. The first-order valence-corrected chi connectivity index (χ1v) is 13.7. The fourth-order valence-corrected chi connectivity index (χ4v) is 9.13. The second-order valence-electron chi connectivity index (χ2n) is 13.0. The highest BCUT2D eigenvalue weighted by molar-refractivity contribution is 5.66. The first-order chi connectivity index (χ1) is 15.5. The molecule has 4 nitrogen and oxygen atoms in total. The molecule has 0 aromatic heterocycles. The smallest absolute Gasteiger partial charge is 0.302 e. The molecule has 33 heavy (non-hydrogen) atoms. The Morgan fingerprint density at radius 1 is 1.18 bits per heavy atom. The van der Waals surface area contributed by atoms with E-state index in [9.17, 15) is 15.0 Å². The van der Waals surface area contributed by atoms with E-state index in [1.807, 2.05) is 0 Å². The molecule has 0 unspecified atom stereocenters. The van der Waals surface area contributed by atoms with E-state index in [1.165, 1.54) is 44.6 Å². The third-order valence-corrected chi connectivity index (χ3v) is 10.6. The van der Waals surface area contributed by atoms with Crippen molar-refractivity contribution in [2.45, 2.75) is 118 Å². The number of carbonyl (C=O) groups is 1.